The first-order chi connectivity index (χ1) is 16.8. The summed E-state index contributed by atoms with van der Waals surface area (Å²) in [5, 5.41) is 13.2. The molecule has 0 radical (unpaired) electrons. The van der Waals surface area contributed by atoms with Crippen molar-refractivity contribution in [2.24, 2.45) is 0 Å². The summed E-state index contributed by atoms with van der Waals surface area (Å²) in [7, 11) is 0. The first-order valence-corrected chi connectivity index (χ1v) is 10.1. The van der Waals surface area contributed by atoms with Crippen LogP contribution in [-0.4, -0.2) is 36.2 Å². The number of halogens is 3. The Labute approximate surface area is 193 Å². The fourth-order valence-electron chi connectivity index (χ4n) is 3.21. The summed E-state index contributed by atoms with van der Waals surface area (Å²) >= 11 is 0. The lowest BCUT2D eigenvalue weighted by atomic mass is 10.2. The number of nitrogens with one attached hydrogen (secondary N) is 3. The Kier molecular flexibility index (Phi) is 5.39. The molecule has 14 heteroatoms. The van der Waals surface area contributed by atoms with E-state index in [4.69, 9.17) is 9.05 Å². The van der Waals surface area contributed by atoms with Crippen molar-refractivity contribution in [1.82, 2.24) is 35.6 Å². The highest BCUT2D eigenvalue weighted by Crippen LogP contribution is 2.32. The lowest BCUT2D eigenvalue weighted by Crippen LogP contribution is -2.27. The standard InChI is InChI=1S/C21H15F3N8O3/c1-10(27-20(33)15-8-18(26-9-25-15)30-17-4-5-34-32-17)16-7-14(31-35-16)19-28-12-3-2-11(21(22,23)24)6-13(12)29-19/h2-10H,1H3,(H,27,33)(H,28,29)(H,25,26,30,32)/t10-/m0/s1. The topological polar surface area (TPSA) is 148 Å². The minimum atomic E-state index is -4.47. The van der Waals surface area contributed by atoms with E-state index in [9.17, 15) is 18.0 Å². The Morgan fingerprint density at radius 2 is 1.94 bits per heavy atom. The maximum absolute atomic E-state index is 13.0. The molecule has 4 aromatic heterocycles. The van der Waals surface area contributed by atoms with E-state index < -0.39 is 23.7 Å². The molecule has 35 heavy (non-hydrogen) atoms. The number of imidazole rings is 1. The molecule has 0 unspecified atom stereocenters. The second-order valence-corrected chi connectivity index (χ2v) is 7.42. The lowest BCUT2D eigenvalue weighted by molar-refractivity contribution is -0.137. The first-order valence-electron chi connectivity index (χ1n) is 10.1. The van der Waals surface area contributed by atoms with Crippen LogP contribution >= 0.6 is 0 Å². The molecule has 0 saturated heterocycles. The van der Waals surface area contributed by atoms with Crippen molar-refractivity contribution in [2.75, 3.05) is 5.32 Å². The number of H-pyrrole nitrogens is 1. The number of rotatable bonds is 6. The number of aromatic amines is 1. The molecule has 0 aliphatic rings. The molecule has 5 rings (SSSR count). The number of carbonyl (C=O) groups excluding carboxylic acids is 1. The monoisotopic (exact) mass is 484 g/mol. The zero-order valence-electron chi connectivity index (χ0n) is 17.8. The van der Waals surface area contributed by atoms with Gasteiger partial charge in [-0.15, -0.1) is 0 Å². The average molecular weight is 484 g/mol. The van der Waals surface area contributed by atoms with Gasteiger partial charge >= 0.3 is 6.18 Å². The van der Waals surface area contributed by atoms with Crippen LogP contribution in [0.15, 0.2) is 58.0 Å². The third kappa shape index (κ3) is 4.66. The molecular weight excluding hydrogens is 469 g/mol. The number of carbonyl (C=O) groups is 1. The van der Waals surface area contributed by atoms with Crippen LogP contribution in [0.2, 0.25) is 0 Å². The summed E-state index contributed by atoms with van der Waals surface area (Å²) in [5.41, 5.74) is 0.126. The van der Waals surface area contributed by atoms with Crippen LogP contribution in [0, 0.1) is 0 Å². The van der Waals surface area contributed by atoms with Crippen molar-refractivity contribution in [3.05, 3.63) is 66.0 Å². The van der Waals surface area contributed by atoms with Gasteiger partial charge in [0.2, 0.25) is 0 Å². The summed E-state index contributed by atoms with van der Waals surface area (Å²) in [4.78, 5) is 27.7. The minimum Gasteiger partial charge on any atom is -0.363 e. The van der Waals surface area contributed by atoms with Crippen molar-refractivity contribution in [2.45, 2.75) is 19.1 Å². The molecule has 3 N–H and O–H groups in total. The van der Waals surface area contributed by atoms with Crippen LogP contribution in [-0.2, 0) is 6.18 Å². The zero-order chi connectivity index (χ0) is 24.6. The zero-order valence-corrected chi connectivity index (χ0v) is 17.8. The molecule has 178 valence electrons. The highest BCUT2D eigenvalue weighted by Gasteiger charge is 2.31. The smallest absolute Gasteiger partial charge is 0.363 e. The summed E-state index contributed by atoms with van der Waals surface area (Å²) in [6.07, 6.45) is -1.86. The quantitative estimate of drug-likeness (QED) is 0.322. The lowest BCUT2D eigenvalue weighted by Gasteiger charge is -2.10. The van der Waals surface area contributed by atoms with Gasteiger partial charge in [-0.1, -0.05) is 10.3 Å². The number of aromatic nitrogens is 6. The molecule has 1 aromatic carbocycles. The molecule has 0 aliphatic carbocycles. The molecular formula is C21H15F3N8O3. The van der Waals surface area contributed by atoms with Gasteiger partial charge in [-0.05, 0) is 25.1 Å². The van der Waals surface area contributed by atoms with Crippen molar-refractivity contribution in [3.8, 4) is 11.5 Å². The van der Waals surface area contributed by atoms with Crippen LogP contribution in [0.4, 0.5) is 24.8 Å². The fraction of sp³-hybridized carbons (Fsp3) is 0.143. The van der Waals surface area contributed by atoms with Gasteiger partial charge in [0.15, 0.2) is 17.4 Å². The van der Waals surface area contributed by atoms with Crippen LogP contribution < -0.4 is 10.6 Å². The molecule has 0 spiro atoms. The molecule has 0 bridgehead atoms. The van der Waals surface area contributed by atoms with Crippen molar-refractivity contribution >= 4 is 28.6 Å². The van der Waals surface area contributed by atoms with Crippen LogP contribution in [0.25, 0.3) is 22.6 Å². The molecule has 0 fully saturated rings. The second kappa shape index (κ2) is 8.55. The van der Waals surface area contributed by atoms with Crippen LogP contribution in [0.3, 0.4) is 0 Å². The predicted octanol–water partition coefficient (Wildman–Crippen LogP) is 4.25. The van der Waals surface area contributed by atoms with E-state index in [0.29, 0.717) is 22.9 Å². The average Bonchev–Trinajstić information content (AvgIpc) is 3.58. The molecule has 11 nitrogen and oxygen atoms in total. The molecule has 1 atom stereocenters. The third-order valence-corrected chi connectivity index (χ3v) is 4.95. The largest absolute Gasteiger partial charge is 0.416 e. The van der Waals surface area contributed by atoms with Gasteiger partial charge in [0.05, 0.1) is 22.6 Å². The number of fused-ring (bicyclic) bond motifs is 1. The summed E-state index contributed by atoms with van der Waals surface area (Å²) < 4.78 is 48.9. The van der Waals surface area contributed by atoms with Crippen molar-refractivity contribution < 1.29 is 27.0 Å². The van der Waals surface area contributed by atoms with Gasteiger partial charge in [0, 0.05) is 18.2 Å². The first kappa shape index (κ1) is 22.1. The van der Waals surface area contributed by atoms with Gasteiger partial charge < -0.3 is 24.7 Å². The Morgan fingerprint density at radius 1 is 1.09 bits per heavy atom. The third-order valence-electron chi connectivity index (χ3n) is 4.95. The SMILES string of the molecule is C[C@H](NC(=O)c1cc(Nc2ccon2)ncn1)c1cc(-c2nc3ccc(C(F)(F)F)cc3[nH]2)no1. The van der Waals surface area contributed by atoms with Gasteiger partial charge in [-0.3, -0.25) is 4.79 Å². The van der Waals surface area contributed by atoms with E-state index in [1.165, 1.54) is 30.8 Å². The van der Waals surface area contributed by atoms with Crippen LogP contribution in [0.1, 0.15) is 34.8 Å². The van der Waals surface area contributed by atoms with Crippen molar-refractivity contribution in [1.29, 1.82) is 0 Å². The van der Waals surface area contributed by atoms with Gasteiger partial charge in [-0.25, -0.2) is 15.0 Å². The maximum atomic E-state index is 13.0. The molecule has 1 amide bonds. The fourth-order valence-corrected chi connectivity index (χ4v) is 3.21. The Morgan fingerprint density at radius 3 is 2.71 bits per heavy atom. The molecule has 0 aliphatic heterocycles. The van der Waals surface area contributed by atoms with Crippen LogP contribution in [0.5, 0.6) is 0 Å². The number of anilines is 2. The Balaban J connectivity index is 1.29. The molecule has 0 saturated carbocycles. The number of alkyl halides is 3. The highest BCUT2D eigenvalue weighted by molar-refractivity contribution is 5.93. The normalized spacial score (nSPS) is 12.6. The maximum Gasteiger partial charge on any atom is 0.416 e. The number of hydrogen-bond donors (Lipinski definition) is 3. The predicted molar refractivity (Wildman–Crippen MR) is 114 cm³/mol. The minimum absolute atomic E-state index is 0.0929. The number of benzene rings is 1. The number of amides is 1. The van der Waals surface area contributed by atoms with E-state index >= 15 is 0 Å². The second-order valence-electron chi connectivity index (χ2n) is 7.42. The van der Waals surface area contributed by atoms with Gasteiger partial charge in [-0.2, -0.15) is 13.2 Å². The van der Waals surface area contributed by atoms with E-state index in [0.717, 1.165) is 12.1 Å². The highest BCUT2D eigenvalue weighted by atomic mass is 19.4. The van der Waals surface area contributed by atoms with Crippen molar-refractivity contribution in [3.63, 3.8) is 0 Å². The van der Waals surface area contributed by atoms with E-state index in [1.807, 2.05) is 0 Å². The van der Waals surface area contributed by atoms with Gasteiger partial charge in [0.1, 0.15) is 29.8 Å². The summed E-state index contributed by atoms with van der Waals surface area (Å²) in [5.74, 6) is 0.793. The van der Waals surface area contributed by atoms with E-state index in [2.05, 4.69) is 40.9 Å². The Bertz CT molecular complexity index is 1490. The summed E-state index contributed by atoms with van der Waals surface area (Å²) in [6, 6.07) is 7.16. The summed E-state index contributed by atoms with van der Waals surface area (Å²) in [6.45, 7) is 1.67. The van der Waals surface area contributed by atoms with Gasteiger partial charge in [0.25, 0.3) is 5.91 Å². The number of hydrogen-bond acceptors (Lipinski definition) is 9. The number of nitrogens with zero attached hydrogens (tertiary/aromatic N) is 5. The van der Waals surface area contributed by atoms with E-state index in [-0.39, 0.29) is 22.7 Å². The van der Waals surface area contributed by atoms with E-state index in [1.54, 1.807) is 13.0 Å². The molecule has 4 heterocycles. The Hall–Kier alpha value is -4.75. The molecule has 5 aromatic rings.